The van der Waals surface area contributed by atoms with Crippen molar-refractivity contribution in [3.63, 3.8) is 0 Å². The van der Waals surface area contributed by atoms with Gasteiger partial charge >= 0.3 is 12.6 Å². The third-order valence-corrected chi connectivity index (χ3v) is 2.65. The lowest BCUT2D eigenvalue weighted by Crippen LogP contribution is -2.37. The van der Waals surface area contributed by atoms with Crippen molar-refractivity contribution in [2.75, 3.05) is 13.1 Å². The first kappa shape index (κ1) is 18.3. The van der Waals surface area contributed by atoms with Gasteiger partial charge in [0.25, 0.3) is 5.91 Å². The van der Waals surface area contributed by atoms with Crippen LogP contribution in [0.25, 0.3) is 0 Å². The van der Waals surface area contributed by atoms with Gasteiger partial charge in [-0.25, -0.2) is 0 Å². The fourth-order valence-corrected chi connectivity index (χ4v) is 1.64. The molecule has 7 nitrogen and oxygen atoms in total. The summed E-state index contributed by atoms with van der Waals surface area (Å²) in [5.41, 5.74) is -0.119. The highest BCUT2D eigenvalue weighted by Gasteiger charge is 2.15. The summed E-state index contributed by atoms with van der Waals surface area (Å²) in [6.45, 7) is -3.28. The second kappa shape index (κ2) is 9.34. The second-order valence-electron chi connectivity index (χ2n) is 4.40. The Kier molecular flexibility index (Phi) is 7.44. The van der Waals surface area contributed by atoms with Gasteiger partial charge in [0.15, 0.2) is 0 Å². The van der Waals surface area contributed by atoms with Gasteiger partial charge in [-0.2, -0.15) is 8.78 Å². The van der Waals surface area contributed by atoms with Crippen LogP contribution in [-0.4, -0.2) is 42.6 Å². The van der Waals surface area contributed by atoms with Crippen LogP contribution < -0.4 is 15.4 Å². The van der Waals surface area contributed by atoms with Crippen molar-refractivity contribution in [2.24, 2.45) is 0 Å². The van der Waals surface area contributed by atoms with Gasteiger partial charge in [-0.15, -0.1) is 0 Å². The number of hydrogen-bond acceptors (Lipinski definition) is 4. The van der Waals surface area contributed by atoms with Crippen molar-refractivity contribution in [1.29, 1.82) is 0 Å². The summed E-state index contributed by atoms with van der Waals surface area (Å²) in [6.07, 6.45) is 0.186. The fraction of sp³-hybridized carbons (Fsp3) is 0.357. The lowest BCUT2D eigenvalue weighted by Gasteiger charge is -2.11. The number of amides is 2. The summed E-state index contributed by atoms with van der Waals surface area (Å²) in [5.74, 6) is -2.51. The predicted molar refractivity (Wildman–Crippen MR) is 75.3 cm³/mol. The lowest BCUT2D eigenvalue weighted by atomic mass is 10.2. The highest BCUT2D eigenvalue weighted by molar-refractivity contribution is 5.98. The van der Waals surface area contributed by atoms with E-state index >= 15 is 0 Å². The number of carbonyl (C=O) groups is 3. The van der Waals surface area contributed by atoms with E-state index in [1.54, 1.807) is 0 Å². The van der Waals surface area contributed by atoms with Crippen molar-refractivity contribution >= 4 is 17.8 Å². The Hall–Kier alpha value is -2.71. The monoisotopic (exact) mass is 330 g/mol. The number of carboxylic acid groups (broad SMARTS) is 1. The van der Waals surface area contributed by atoms with Crippen LogP contribution in [0.15, 0.2) is 24.3 Å². The Morgan fingerprint density at radius 1 is 1.17 bits per heavy atom. The van der Waals surface area contributed by atoms with E-state index in [1.807, 2.05) is 0 Å². The topological polar surface area (TPSA) is 105 Å². The van der Waals surface area contributed by atoms with E-state index < -0.39 is 24.4 Å². The van der Waals surface area contributed by atoms with Crippen LogP contribution >= 0.6 is 0 Å². The number of aliphatic carboxylic acids is 1. The maximum absolute atomic E-state index is 12.2. The number of benzene rings is 1. The van der Waals surface area contributed by atoms with Crippen molar-refractivity contribution in [3.8, 4) is 5.75 Å². The zero-order chi connectivity index (χ0) is 17.2. The maximum atomic E-state index is 12.2. The van der Waals surface area contributed by atoms with E-state index in [4.69, 9.17) is 5.11 Å². The molecule has 0 unspecified atom stereocenters. The molecule has 2 amide bonds. The first-order chi connectivity index (χ1) is 10.9. The van der Waals surface area contributed by atoms with Crippen LogP contribution in [0.2, 0.25) is 0 Å². The SMILES string of the molecule is O=C(O)CCCNC(=O)CNC(=O)c1ccccc1OC(F)F. The molecule has 3 N–H and O–H groups in total. The molecule has 0 aliphatic carbocycles. The van der Waals surface area contributed by atoms with E-state index in [1.165, 1.54) is 24.3 Å². The van der Waals surface area contributed by atoms with Crippen molar-refractivity contribution in [1.82, 2.24) is 10.6 Å². The Labute approximate surface area is 130 Å². The first-order valence-corrected chi connectivity index (χ1v) is 6.70. The molecular weight excluding hydrogens is 314 g/mol. The standard InChI is InChI=1S/C14H16F2N2O5/c15-14(16)23-10-5-2-1-4-9(10)13(22)18-8-11(19)17-7-3-6-12(20)21/h1-2,4-5,14H,3,6-8H2,(H,17,19)(H,18,22)(H,20,21). The van der Waals surface area contributed by atoms with Gasteiger partial charge in [-0.3, -0.25) is 14.4 Å². The summed E-state index contributed by atoms with van der Waals surface area (Å²) in [6, 6.07) is 5.41. The molecule has 23 heavy (non-hydrogen) atoms. The molecule has 0 saturated carbocycles. The number of carboxylic acids is 1. The zero-order valence-electron chi connectivity index (χ0n) is 12.1. The minimum absolute atomic E-state index is 0.0784. The van der Waals surface area contributed by atoms with Gasteiger partial charge in [0.2, 0.25) is 5.91 Å². The minimum atomic E-state index is -3.07. The number of nitrogens with one attached hydrogen (secondary N) is 2. The molecule has 0 aliphatic rings. The fourth-order valence-electron chi connectivity index (χ4n) is 1.64. The molecule has 9 heteroatoms. The van der Waals surface area contributed by atoms with Gasteiger partial charge in [0, 0.05) is 13.0 Å². The molecule has 0 fully saturated rings. The number of alkyl halides is 2. The van der Waals surface area contributed by atoms with Gasteiger partial charge in [0.05, 0.1) is 12.1 Å². The number of ether oxygens (including phenoxy) is 1. The van der Waals surface area contributed by atoms with E-state index in [0.29, 0.717) is 0 Å². The average molecular weight is 330 g/mol. The average Bonchev–Trinajstić information content (AvgIpc) is 2.49. The van der Waals surface area contributed by atoms with E-state index in [9.17, 15) is 23.2 Å². The van der Waals surface area contributed by atoms with Gasteiger partial charge in [-0.1, -0.05) is 12.1 Å². The Morgan fingerprint density at radius 3 is 2.52 bits per heavy atom. The summed E-state index contributed by atoms with van der Waals surface area (Å²) >= 11 is 0. The molecule has 126 valence electrons. The summed E-state index contributed by atoms with van der Waals surface area (Å²) in [7, 11) is 0. The third-order valence-electron chi connectivity index (χ3n) is 2.65. The highest BCUT2D eigenvalue weighted by atomic mass is 19.3. The van der Waals surface area contributed by atoms with Crippen molar-refractivity contribution in [3.05, 3.63) is 29.8 Å². The van der Waals surface area contributed by atoms with Crippen molar-refractivity contribution in [2.45, 2.75) is 19.5 Å². The van der Waals surface area contributed by atoms with Crippen LogP contribution in [0.4, 0.5) is 8.78 Å². The molecule has 0 saturated heterocycles. The normalized spacial score (nSPS) is 10.2. The lowest BCUT2D eigenvalue weighted by molar-refractivity contribution is -0.137. The number of para-hydroxylation sites is 1. The third kappa shape index (κ3) is 7.21. The molecule has 1 aromatic carbocycles. The smallest absolute Gasteiger partial charge is 0.387 e. The van der Waals surface area contributed by atoms with Gasteiger partial charge < -0.3 is 20.5 Å². The highest BCUT2D eigenvalue weighted by Crippen LogP contribution is 2.19. The van der Waals surface area contributed by atoms with E-state index in [0.717, 1.165) is 0 Å². The molecule has 1 rings (SSSR count). The molecule has 0 radical (unpaired) electrons. The van der Waals surface area contributed by atoms with Crippen molar-refractivity contribution < 1.29 is 33.0 Å². The Balaban J connectivity index is 2.44. The number of hydrogen-bond donors (Lipinski definition) is 3. The van der Waals surface area contributed by atoms with Crippen LogP contribution in [-0.2, 0) is 9.59 Å². The number of halogens is 2. The van der Waals surface area contributed by atoms with Crippen LogP contribution in [0.5, 0.6) is 5.75 Å². The molecule has 0 spiro atoms. The number of rotatable bonds is 9. The van der Waals surface area contributed by atoms with E-state index in [2.05, 4.69) is 15.4 Å². The molecular formula is C14H16F2N2O5. The van der Waals surface area contributed by atoms with E-state index in [-0.39, 0.29) is 37.2 Å². The second-order valence-corrected chi connectivity index (χ2v) is 4.40. The predicted octanol–water partition coefficient (Wildman–Crippen LogP) is 0.999. The minimum Gasteiger partial charge on any atom is -0.481 e. The van der Waals surface area contributed by atoms with Gasteiger partial charge in [-0.05, 0) is 18.6 Å². The molecule has 0 aromatic heterocycles. The van der Waals surface area contributed by atoms with Gasteiger partial charge in [0.1, 0.15) is 5.75 Å². The zero-order valence-corrected chi connectivity index (χ0v) is 12.1. The largest absolute Gasteiger partial charge is 0.481 e. The quantitative estimate of drug-likeness (QED) is 0.586. The summed E-state index contributed by atoms with van der Waals surface area (Å²) in [5, 5.41) is 13.1. The molecule has 0 atom stereocenters. The molecule has 0 bridgehead atoms. The van der Waals surface area contributed by atoms with Crippen LogP contribution in [0, 0.1) is 0 Å². The summed E-state index contributed by atoms with van der Waals surface area (Å²) < 4.78 is 28.7. The maximum Gasteiger partial charge on any atom is 0.387 e. The Bertz CT molecular complexity index is 566. The van der Waals surface area contributed by atoms with Crippen LogP contribution in [0.3, 0.4) is 0 Å². The molecule has 1 aromatic rings. The number of carbonyl (C=O) groups excluding carboxylic acids is 2. The van der Waals surface area contributed by atoms with Crippen LogP contribution in [0.1, 0.15) is 23.2 Å². The molecule has 0 heterocycles. The molecule has 0 aliphatic heterocycles. The first-order valence-electron chi connectivity index (χ1n) is 6.70. The summed E-state index contributed by atoms with van der Waals surface area (Å²) in [4.78, 5) is 33.6. The Morgan fingerprint density at radius 2 is 1.87 bits per heavy atom.